The minimum atomic E-state index is -1.51. The fourth-order valence-corrected chi connectivity index (χ4v) is 6.83. The van der Waals surface area contributed by atoms with Gasteiger partial charge < -0.3 is 10.6 Å². The number of hydrogen-bond acceptors (Lipinski definition) is 2. The van der Waals surface area contributed by atoms with Crippen LogP contribution in [-0.2, 0) is 0 Å². The van der Waals surface area contributed by atoms with Gasteiger partial charge >= 0.3 is 0 Å². The summed E-state index contributed by atoms with van der Waals surface area (Å²) < 4.78 is 0. The highest BCUT2D eigenvalue weighted by Gasteiger charge is 2.31. The lowest BCUT2D eigenvalue weighted by Gasteiger charge is -2.31. The molecule has 0 atom stereocenters. The van der Waals surface area contributed by atoms with E-state index in [0.29, 0.717) is 0 Å². The molecule has 0 aliphatic heterocycles. The fourth-order valence-electron chi connectivity index (χ4n) is 2.77. The van der Waals surface area contributed by atoms with Crippen molar-refractivity contribution in [2.75, 3.05) is 13.1 Å². The van der Waals surface area contributed by atoms with Crippen molar-refractivity contribution in [3.8, 4) is 0 Å². The summed E-state index contributed by atoms with van der Waals surface area (Å²) in [5, 5.41) is 8.06. The van der Waals surface area contributed by atoms with Crippen LogP contribution in [0.1, 0.15) is 12.5 Å². The lowest BCUT2D eigenvalue weighted by atomic mass is 10.2. The first-order valence-corrected chi connectivity index (χ1v) is 10.3. The van der Waals surface area contributed by atoms with E-state index in [4.69, 9.17) is 0 Å². The summed E-state index contributed by atoms with van der Waals surface area (Å²) in [7, 11) is -1.51. The highest BCUT2D eigenvalue weighted by molar-refractivity contribution is 6.92. The average molecular weight is 301 g/mol. The van der Waals surface area contributed by atoms with Crippen LogP contribution in [0.5, 0.6) is 0 Å². The molecule has 0 aliphatic carbocycles. The second-order valence-electron chi connectivity index (χ2n) is 5.28. The molecule has 0 unspecified atom stereocenters. The predicted octanol–water partition coefficient (Wildman–Crippen LogP) is 3.47. The molecule has 1 rings (SSSR count). The Morgan fingerprint density at radius 3 is 1.86 bits per heavy atom. The molecule has 0 heterocycles. The molecule has 0 spiro atoms. The molecule has 3 heteroatoms. The van der Waals surface area contributed by atoms with Crippen molar-refractivity contribution >= 4 is 19.3 Å². The molecule has 1 aromatic carbocycles. The van der Waals surface area contributed by atoms with E-state index in [1.807, 2.05) is 6.08 Å². The van der Waals surface area contributed by atoms with Crippen molar-refractivity contribution in [1.82, 2.24) is 10.6 Å². The number of nitrogens with one attached hydrogen (secondary N) is 2. The number of rotatable bonds is 11. The highest BCUT2D eigenvalue weighted by atomic mass is 28.3. The average Bonchev–Trinajstić information content (AvgIpc) is 2.54. The van der Waals surface area contributed by atoms with Crippen molar-refractivity contribution in [2.45, 2.75) is 25.1 Å². The van der Waals surface area contributed by atoms with Gasteiger partial charge in [-0.25, -0.2) is 0 Å². The Balaban J connectivity index is 2.96. The maximum absolute atomic E-state index is 3.83. The lowest BCUT2D eigenvalue weighted by molar-refractivity contribution is 0.866. The normalized spacial score (nSPS) is 10.7. The van der Waals surface area contributed by atoms with Crippen molar-refractivity contribution < 1.29 is 0 Å². The molecule has 0 bridgehead atoms. The Morgan fingerprint density at radius 2 is 1.48 bits per heavy atom. The summed E-state index contributed by atoms with van der Waals surface area (Å²) in [6.07, 6.45) is 5.48. The molecule has 0 aromatic heterocycles. The van der Waals surface area contributed by atoms with Gasteiger partial charge in [-0.2, -0.15) is 0 Å². The Hall–Kier alpha value is -1.74. The molecule has 2 nitrogen and oxygen atoms in total. The monoisotopic (exact) mass is 300 g/mol. The van der Waals surface area contributed by atoms with Crippen LogP contribution in [0, 0.1) is 0 Å². The summed E-state index contributed by atoms with van der Waals surface area (Å²) in [5.74, 6) is 0. The van der Waals surface area contributed by atoms with E-state index in [2.05, 4.69) is 61.6 Å². The van der Waals surface area contributed by atoms with Crippen molar-refractivity contribution in [3.63, 3.8) is 0 Å². The molecule has 0 fully saturated rings. The zero-order valence-electron chi connectivity index (χ0n) is 13.2. The fraction of sp³-hybridized carbons (Fsp3) is 0.333. The van der Waals surface area contributed by atoms with Crippen LogP contribution in [0.4, 0.5) is 0 Å². The SMILES string of the molecule is C=CNCC[Si](CC)(CCNC=C)c1ccc(C=C)cc1. The number of hydrogen-bond donors (Lipinski definition) is 2. The number of benzene rings is 1. The van der Waals surface area contributed by atoms with E-state index in [9.17, 15) is 0 Å². The smallest absolute Gasteiger partial charge is 0.0898 e. The minimum Gasteiger partial charge on any atom is -0.392 e. The molecule has 0 radical (unpaired) electrons. The van der Waals surface area contributed by atoms with E-state index >= 15 is 0 Å². The summed E-state index contributed by atoms with van der Waals surface area (Å²) in [6.45, 7) is 15.7. The Morgan fingerprint density at radius 1 is 0.952 bits per heavy atom. The van der Waals surface area contributed by atoms with Crippen LogP contribution < -0.4 is 15.8 Å². The van der Waals surface area contributed by atoms with Gasteiger partial charge in [0.15, 0.2) is 0 Å². The van der Waals surface area contributed by atoms with Crippen LogP contribution in [0.2, 0.25) is 18.1 Å². The Kier molecular flexibility index (Phi) is 7.62. The van der Waals surface area contributed by atoms with Crippen LogP contribution in [0.25, 0.3) is 6.08 Å². The van der Waals surface area contributed by atoms with Crippen LogP contribution in [-0.4, -0.2) is 21.2 Å². The van der Waals surface area contributed by atoms with Gasteiger partial charge in [-0.3, -0.25) is 0 Å². The summed E-state index contributed by atoms with van der Waals surface area (Å²) in [4.78, 5) is 0. The summed E-state index contributed by atoms with van der Waals surface area (Å²) >= 11 is 0. The van der Waals surface area contributed by atoms with E-state index < -0.39 is 8.07 Å². The maximum atomic E-state index is 3.83. The third-order valence-corrected chi connectivity index (χ3v) is 9.55. The van der Waals surface area contributed by atoms with Gasteiger partial charge in [0.1, 0.15) is 0 Å². The topological polar surface area (TPSA) is 24.1 Å². The van der Waals surface area contributed by atoms with E-state index in [-0.39, 0.29) is 0 Å². The third-order valence-electron chi connectivity index (χ3n) is 4.22. The van der Waals surface area contributed by atoms with Gasteiger partial charge in [0.2, 0.25) is 0 Å². The first kappa shape index (κ1) is 17.3. The van der Waals surface area contributed by atoms with Crippen molar-refractivity contribution in [1.29, 1.82) is 0 Å². The quantitative estimate of drug-likeness (QED) is 0.483. The summed E-state index contributed by atoms with van der Waals surface area (Å²) in [6, 6.07) is 12.7. The Bertz CT molecular complexity index is 437. The standard InChI is InChI=1S/C18H28N2Si/c1-5-17-9-11-18(12-10-17)21(8-4,15-13-19-6-2)16-14-20-7-3/h5-7,9-12,19-20H,1-3,8,13-16H2,4H3. The molecular weight excluding hydrogens is 272 g/mol. The first-order valence-electron chi connectivity index (χ1n) is 7.64. The summed E-state index contributed by atoms with van der Waals surface area (Å²) in [5.41, 5.74) is 1.19. The molecule has 1 aromatic rings. The van der Waals surface area contributed by atoms with Gasteiger partial charge in [0, 0.05) is 13.1 Å². The second-order valence-corrected chi connectivity index (χ2v) is 10.1. The highest BCUT2D eigenvalue weighted by Crippen LogP contribution is 2.21. The molecule has 21 heavy (non-hydrogen) atoms. The molecule has 2 N–H and O–H groups in total. The van der Waals surface area contributed by atoms with E-state index in [1.54, 1.807) is 12.4 Å². The van der Waals surface area contributed by atoms with Crippen molar-refractivity contribution in [3.05, 3.63) is 62.0 Å². The lowest BCUT2D eigenvalue weighted by Crippen LogP contribution is -2.50. The van der Waals surface area contributed by atoms with Crippen LogP contribution >= 0.6 is 0 Å². The minimum absolute atomic E-state index is 1.00. The van der Waals surface area contributed by atoms with Gasteiger partial charge in [-0.15, -0.1) is 0 Å². The van der Waals surface area contributed by atoms with Crippen molar-refractivity contribution in [2.24, 2.45) is 0 Å². The van der Waals surface area contributed by atoms with E-state index in [1.165, 1.54) is 28.9 Å². The van der Waals surface area contributed by atoms with E-state index in [0.717, 1.165) is 13.1 Å². The van der Waals surface area contributed by atoms with Gasteiger partial charge in [0.05, 0.1) is 8.07 Å². The molecule has 0 saturated carbocycles. The maximum Gasteiger partial charge on any atom is 0.0898 e. The second kappa shape index (κ2) is 9.24. The predicted molar refractivity (Wildman–Crippen MR) is 98.4 cm³/mol. The van der Waals surface area contributed by atoms with Gasteiger partial charge in [-0.1, -0.05) is 68.2 Å². The largest absolute Gasteiger partial charge is 0.392 e. The molecule has 0 amide bonds. The zero-order chi connectivity index (χ0) is 15.6. The first-order chi connectivity index (χ1) is 10.2. The third kappa shape index (κ3) is 4.94. The van der Waals surface area contributed by atoms with Crippen LogP contribution in [0.15, 0.2) is 56.4 Å². The van der Waals surface area contributed by atoms with Gasteiger partial charge in [-0.05, 0) is 30.1 Å². The van der Waals surface area contributed by atoms with Crippen LogP contribution in [0.3, 0.4) is 0 Å². The Labute approximate surface area is 130 Å². The zero-order valence-corrected chi connectivity index (χ0v) is 14.2. The molecular formula is C18H28N2Si. The molecule has 0 aliphatic rings. The van der Waals surface area contributed by atoms with Gasteiger partial charge in [0.25, 0.3) is 0 Å². The molecule has 0 saturated heterocycles. The molecule has 114 valence electrons.